The average Bonchev–Trinajstić information content (AvgIpc) is 2.49. The molecule has 0 spiro atoms. The number of aliphatic hydroxyl groups excluding tert-OH is 1. The third-order valence-corrected chi connectivity index (χ3v) is 3.36. The highest BCUT2D eigenvalue weighted by Crippen LogP contribution is 2.20. The summed E-state index contributed by atoms with van der Waals surface area (Å²) in [5.41, 5.74) is 1.17. The smallest absolute Gasteiger partial charge is 0.0960 e. The Balaban J connectivity index is 2.09. The average molecular weight is 286 g/mol. The van der Waals surface area contributed by atoms with Crippen LogP contribution in [0, 0.1) is 0 Å². The van der Waals surface area contributed by atoms with Crippen LogP contribution in [0.2, 0.25) is 0 Å². The molecule has 0 aromatic heterocycles. The molecule has 2 N–H and O–H groups in total. The molecule has 0 bridgehead atoms. The summed E-state index contributed by atoms with van der Waals surface area (Å²) in [6, 6.07) is 19.8. The Morgan fingerprint density at radius 3 is 1.71 bits per heavy atom. The van der Waals surface area contributed by atoms with E-state index in [1.807, 2.05) is 60.7 Å². The number of hydrogen-bond acceptors (Lipinski definition) is 3. The van der Waals surface area contributed by atoms with Crippen LogP contribution < -0.4 is 0 Å². The van der Waals surface area contributed by atoms with Crippen LogP contribution in [-0.2, 0) is 17.6 Å². The first-order valence-corrected chi connectivity index (χ1v) is 7.21. The van der Waals surface area contributed by atoms with Crippen molar-refractivity contribution in [3.8, 4) is 0 Å². The molecule has 2 aromatic rings. The van der Waals surface area contributed by atoms with Gasteiger partial charge in [-0.05, 0) is 11.1 Å². The van der Waals surface area contributed by atoms with Crippen molar-refractivity contribution in [1.29, 1.82) is 0 Å². The van der Waals surface area contributed by atoms with Crippen molar-refractivity contribution < 1.29 is 14.9 Å². The van der Waals surface area contributed by atoms with E-state index in [0.717, 1.165) is 11.1 Å². The highest BCUT2D eigenvalue weighted by Gasteiger charge is 2.28. The van der Waals surface area contributed by atoms with Crippen molar-refractivity contribution in [3.05, 3.63) is 71.8 Å². The van der Waals surface area contributed by atoms with Crippen molar-refractivity contribution >= 4 is 0 Å². The van der Waals surface area contributed by atoms with Gasteiger partial charge in [-0.2, -0.15) is 0 Å². The van der Waals surface area contributed by atoms with Crippen LogP contribution in [0.25, 0.3) is 0 Å². The van der Waals surface area contributed by atoms with Gasteiger partial charge in [0.1, 0.15) is 0 Å². The molecule has 0 radical (unpaired) electrons. The Morgan fingerprint density at radius 2 is 1.29 bits per heavy atom. The van der Waals surface area contributed by atoms with Gasteiger partial charge in [0, 0.05) is 12.8 Å². The molecule has 3 heteroatoms. The molecule has 0 aliphatic carbocycles. The van der Waals surface area contributed by atoms with Gasteiger partial charge in [0.2, 0.25) is 0 Å². The van der Waals surface area contributed by atoms with Crippen LogP contribution >= 0.6 is 0 Å². The molecule has 0 fully saturated rings. The van der Waals surface area contributed by atoms with Gasteiger partial charge >= 0.3 is 0 Å². The van der Waals surface area contributed by atoms with Crippen molar-refractivity contribution in [2.24, 2.45) is 0 Å². The third-order valence-electron chi connectivity index (χ3n) is 3.36. The summed E-state index contributed by atoms with van der Waals surface area (Å²) >= 11 is 0. The maximum Gasteiger partial charge on any atom is 0.0960 e. The Labute approximate surface area is 125 Å². The summed E-state index contributed by atoms with van der Waals surface area (Å²) < 4.78 is 5.39. The van der Waals surface area contributed by atoms with Crippen molar-refractivity contribution in [2.45, 2.75) is 18.4 Å². The molecule has 2 aromatic carbocycles. The van der Waals surface area contributed by atoms with Crippen LogP contribution in [0.4, 0.5) is 0 Å². The molecule has 0 unspecified atom stereocenters. The lowest BCUT2D eigenvalue weighted by atomic mass is 9.88. The molecule has 3 nitrogen and oxygen atoms in total. The first kappa shape index (κ1) is 15.7. The van der Waals surface area contributed by atoms with Crippen LogP contribution in [-0.4, -0.2) is 35.6 Å². The Hall–Kier alpha value is -1.68. The lowest BCUT2D eigenvalue weighted by molar-refractivity contribution is -0.0519. The zero-order valence-corrected chi connectivity index (χ0v) is 12.1. The van der Waals surface area contributed by atoms with Gasteiger partial charge in [0.15, 0.2) is 0 Å². The van der Waals surface area contributed by atoms with Gasteiger partial charge in [-0.1, -0.05) is 60.7 Å². The van der Waals surface area contributed by atoms with Gasteiger partial charge < -0.3 is 14.9 Å². The summed E-state index contributed by atoms with van der Waals surface area (Å²) in [7, 11) is 0. The van der Waals surface area contributed by atoms with Gasteiger partial charge in [-0.15, -0.1) is 0 Å². The maximum atomic E-state index is 10.9. The van der Waals surface area contributed by atoms with E-state index in [2.05, 4.69) is 0 Å². The molecule has 2 rings (SSSR count). The predicted molar refractivity (Wildman–Crippen MR) is 83.1 cm³/mol. The number of ether oxygens (including phenoxy) is 1. The number of hydrogen-bond donors (Lipinski definition) is 2. The molecule has 0 saturated heterocycles. The predicted octanol–water partition coefficient (Wildman–Crippen LogP) is 2.21. The standard InChI is InChI=1S/C18H22O3/c19-11-12-21-15-18(20,13-16-7-3-1-4-8-16)14-17-9-5-2-6-10-17/h1-10,19-20H,11-15H2. The zero-order chi connectivity index (χ0) is 15.0. The van der Waals surface area contributed by atoms with Gasteiger partial charge in [0.25, 0.3) is 0 Å². The summed E-state index contributed by atoms with van der Waals surface area (Å²) in [6.45, 7) is 0.413. The van der Waals surface area contributed by atoms with E-state index in [0.29, 0.717) is 12.8 Å². The molecule has 0 aliphatic heterocycles. The second-order valence-corrected chi connectivity index (χ2v) is 5.33. The quantitative estimate of drug-likeness (QED) is 0.732. The summed E-state index contributed by atoms with van der Waals surface area (Å²) in [6.07, 6.45) is 1.04. The van der Waals surface area contributed by atoms with Gasteiger partial charge in [-0.25, -0.2) is 0 Å². The second kappa shape index (κ2) is 7.93. The number of benzene rings is 2. The van der Waals surface area contributed by atoms with E-state index >= 15 is 0 Å². The molecule has 0 atom stereocenters. The molecule has 112 valence electrons. The Bertz CT molecular complexity index is 469. The number of rotatable bonds is 8. The van der Waals surface area contributed by atoms with E-state index in [1.54, 1.807) is 0 Å². The monoisotopic (exact) mass is 286 g/mol. The lowest BCUT2D eigenvalue weighted by Crippen LogP contribution is -2.39. The van der Waals surface area contributed by atoms with Crippen molar-refractivity contribution in [1.82, 2.24) is 0 Å². The fourth-order valence-corrected chi connectivity index (χ4v) is 2.44. The molecule has 0 aliphatic rings. The summed E-state index contributed by atoms with van der Waals surface area (Å²) in [4.78, 5) is 0. The first-order valence-electron chi connectivity index (χ1n) is 7.21. The van der Waals surface area contributed by atoms with Crippen LogP contribution in [0.3, 0.4) is 0 Å². The first-order chi connectivity index (χ1) is 10.2. The minimum Gasteiger partial charge on any atom is -0.394 e. The van der Waals surface area contributed by atoms with Crippen LogP contribution in [0.5, 0.6) is 0 Å². The van der Waals surface area contributed by atoms with Crippen LogP contribution in [0.1, 0.15) is 11.1 Å². The molecular weight excluding hydrogens is 264 g/mol. The summed E-state index contributed by atoms with van der Waals surface area (Å²) in [5, 5.41) is 19.8. The minimum atomic E-state index is -0.974. The van der Waals surface area contributed by atoms with Gasteiger partial charge in [0.05, 0.1) is 25.4 Å². The lowest BCUT2D eigenvalue weighted by Gasteiger charge is -2.28. The Kier molecular flexibility index (Phi) is 5.93. The van der Waals surface area contributed by atoms with Crippen molar-refractivity contribution in [3.63, 3.8) is 0 Å². The molecule has 0 heterocycles. The fraction of sp³-hybridized carbons (Fsp3) is 0.333. The Morgan fingerprint density at radius 1 is 0.810 bits per heavy atom. The molecular formula is C18H22O3. The minimum absolute atomic E-state index is 0.0350. The normalized spacial score (nSPS) is 11.5. The molecule has 21 heavy (non-hydrogen) atoms. The fourth-order valence-electron chi connectivity index (χ4n) is 2.44. The van der Waals surface area contributed by atoms with Gasteiger partial charge in [-0.3, -0.25) is 0 Å². The maximum absolute atomic E-state index is 10.9. The topological polar surface area (TPSA) is 49.7 Å². The van der Waals surface area contributed by atoms with Crippen LogP contribution in [0.15, 0.2) is 60.7 Å². The summed E-state index contributed by atoms with van der Waals surface area (Å²) in [5.74, 6) is 0. The second-order valence-electron chi connectivity index (χ2n) is 5.33. The largest absolute Gasteiger partial charge is 0.394 e. The zero-order valence-electron chi connectivity index (χ0n) is 12.1. The third kappa shape index (κ3) is 5.31. The van der Waals surface area contributed by atoms with E-state index in [-0.39, 0.29) is 19.8 Å². The van der Waals surface area contributed by atoms with Crippen molar-refractivity contribution in [2.75, 3.05) is 19.8 Å². The van der Waals surface area contributed by atoms with E-state index < -0.39 is 5.60 Å². The highest BCUT2D eigenvalue weighted by atomic mass is 16.5. The van der Waals surface area contributed by atoms with E-state index in [4.69, 9.17) is 9.84 Å². The molecule has 0 saturated carbocycles. The van der Waals surface area contributed by atoms with E-state index in [9.17, 15) is 5.11 Å². The number of aliphatic hydroxyl groups is 2. The van der Waals surface area contributed by atoms with E-state index in [1.165, 1.54) is 0 Å². The SMILES string of the molecule is OCCOCC(O)(Cc1ccccc1)Cc1ccccc1. The highest BCUT2D eigenvalue weighted by molar-refractivity contribution is 5.21. The molecule has 0 amide bonds.